The van der Waals surface area contributed by atoms with Gasteiger partial charge in [0.2, 0.25) is 5.91 Å². The van der Waals surface area contributed by atoms with Crippen LogP contribution in [0, 0.1) is 0 Å². The number of aromatic amines is 1. The summed E-state index contributed by atoms with van der Waals surface area (Å²) in [4.78, 5) is 20.9. The first kappa shape index (κ1) is 19.2. The van der Waals surface area contributed by atoms with Crippen molar-refractivity contribution in [3.63, 3.8) is 0 Å². The van der Waals surface area contributed by atoms with Gasteiger partial charge in [-0.3, -0.25) is 19.9 Å². The molecule has 1 aliphatic carbocycles. The summed E-state index contributed by atoms with van der Waals surface area (Å²) in [6.45, 7) is 0. The predicted molar refractivity (Wildman–Crippen MR) is 118 cm³/mol. The maximum Gasteiger partial charge on any atom is 0.229 e. The van der Waals surface area contributed by atoms with Gasteiger partial charge in [0.05, 0.1) is 25.2 Å². The molecule has 7 nitrogen and oxygen atoms in total. The van der Waals surface area contributed by atoms with Gasteiger partial charge in [-0.05, 0) is 48.6 Å². The van der Waals surface area contributed by atoms with Crippen molar-refractivity contribution >= 4 is 22.6 Å². The van der Waals surface area contributed by atoms with Crippen molar-refractivity contribution in [3.05, 3.63) is 77.9 Å². The molecule has 156 valence electrons. The summed E-state index contributed by atoms with van der Waals surface area (Å²) in [6, 6.07) is 13.7. The summed E-state index contributed by atoms with van der Waals surface area (Å²) in [5, 5.41) is 11.3. The minimum absolute atomic E-state index is 0.0886. The molecule has 3 aromatic heterocycles. The number of aromatic nitrogens is 4. The molecule has 0 aliphatic heterocycles. The van der Waals surface area contributed by atoms with Gasteiger partial charge < -0.3 is 10.1 Å². The summed E-state index contributed by atoms with van der Waals surface area (Å²) in [6.07, 6.45) is 7.66. The lowest BCUT2D eigenvalue weighted by Crippen LogP contribution is -2.21. The Labute approximate surface area is 179 Å². The van der Waals surface area contributed by atoms with Gasteiger partial charge in [-0.1, -0.05) is 12.1 Å². The first-order valence-electron chi connectivity index (χ1n) is 10.4. The predicted octanol–water partition coefficient (Wildman–Crippen LogP) is 4.20. The maximum atomic E-state index is 12.5. The van der Waals surface area contributed by atoms with Crippen LogP contribution >= 0.6 is 0 Å². The molecule has 4 aromatic rings. The fourth-order valence-electron chi connectivity index (χ4n) is 4.24. The van der Waals surface area contributed by atoms with Gasteiger partial charge in [0.15, 0.2) is 5.82 Å². The number of carbonyl (C=O) groups is 1. The lowest BCUT2D eigenvalue weighted by Gasteiger charge is -2.35. The van der Waals surface area contributed by atoms with Gasteiger partial charge in [0.25, 0.3) is 0 Å². The highest BCUT2D eigenvalue weighted by Gasteiger charge is 2.34. The summed E-state index contributed by atoms with van der Waals surface area (Å²) >= 11 is 0. The topological polar surface area (TPSA) is 92.8 Å². The second-order valence-corrected chi connectivity index (χ2v) is 7.95. The summed E-state index contributed by atoms with van der Waals surface area (Å²) in [5.74, 6) is 2.16. The van der Waals surface area contributed by atoms with E-state index in [0.29, 0.717) is 24.1 Å². The number of pyridine rings is 2. The highest BCUT2D eigenvalue weighted by molar-refractivity contribution is 5.92. The van der Waals surface area contributed by atoms with Gasteiger partial charge >= 0.3 is 0 Å². The molecule has 0 saturated heterocycles. The third-order valence-corrected chi connectivity index (χ3v) is 5.95. The molecule has 5 rings (SSSR count). The monoisotopic (exact) mass is 413 g/mol. The van der Waals surface area contributed by atoms with E-state index in [1.807, 2.05) is 42.5 Å². The van der Waals surface area contributed by atoms with Crippen LogP contribution in [0.25, 0.3) is 10.9 Å². The van der Waals surface area contributed by atoms with Crippen LogP contribution in [0.1, 0.15) is 41.5 Å². The Kier molecular flexibility index (Phi) is 5.08. The number of carbonyl (C=O) groups excluding carboxylic acids is 1. The molecule has 2 N–H and O–H groups in total. The molecule has 0 atom stereocenters. The smallest absolute Gasteiger partial charge is 0.229 e. The highest BCUT2D eigenvalue weighted by atomic mass is 16.5. The number of ether oxygens (including phenoxy) is 1. The third-order valence-electron chi connectivity index (χ3n) is 5.95. The highest BCUT2D eigenvalue weighted by Crippen LogP contribution is 2.49. The molecule has 1 fully saturated rings. The van der Waals surface area contributed by atoms with E-state index in [4.69, 9.17) is 4.74 Å². The fraction of sp³-hybridized carbons (Fsp3) is 0.250. The van der Waals surface area contributed by atoms with Crippen LogP contribution in [-0.4, -0.2) is 33.2 Å². The van der Waals surface area contributed by atoms with E-state index >= 15 is 0 Å². The van der Waals surface area contributed by atoms with E-state index < -0.39 is 0 Å². The van der Waals surface area contributed by atoms with E-state index in [-0.39, 0.29) is 5.91 Å². The Morgan fingerprint density at radius 2 is 2.06 bits per heavy atom. The zero-order chi connectivity index (χ0) is 21.2. The van der Waals surface area contributed by atoms with Crippen molar-refractivity contribution in [2.75, 3.05) is 12.4 Å². The minimum atomic E-state index is -0.0886. The number of rotatable bonds is 6. The van der Waals surface area contributed by atoms with Gasteiger partial charge in [0, 0.05) is 41.0 Å². The van der Waals surface area contributed by atoms with Crippen molar-refractivity contribution in [2.24, 2.45) is 0 Å². The van der Waals surface area contributed by atoms with E-state index in [1.165, 1.54) is 5.56 Å². The average Bonchev–Trinajstić information content (AvgIpc) is 3.20. The Balaban J connectivity index is 1.19. The molecular weight excluding hydrogens is 390 g/mol. The van der Waals surface area contributed by atoms with Crippen molar-refractivity contribution in [1.82, 2.24) is 20.2 Å². The second-order valence-electron chi connectivity index (χ2n) is 7.95. The number of benzene rings is 1. The Hall–Kier alpha value is -3.74. The number of anilines is 1. The number of H-pyrrole nitrogens is 1. The molecular formula is C24H23N5O2. The van der Waals surface area contributed by atoms with Crippen LogP contribution in [0.5, 0.6) is 5.75 Å². The largest absolute Gasteiger partial charge is 0.495 e. The maximum absolute atomic E-state index is 12.5. The molecule has 0 bridgehead atoms. The molecule has 1 amide bonds. The molecule has 0 unspecified atom stereocenters. The first-order chi connectivity index (χ1) is 15.2. The average molecular weight is 413 g/mol. The zero-order valence-corrected chi connectivity index (χ0v) is 17.2. The number of fused-ring (bicyclic) bond motifs is 1. The summed E-state index contributed by atoms with van der Waals surface area (Å²) in [5.41, 5.74) is 4.12. The second kappa shape index (κ2) is 8.18. The standard InChI is InChI=1S/C24H23N5O2/c1-31-22-14-25-8-6-19(22)17-11-18(12-17)21-13-23(29-28-21)27-24(30)10-15-4-5-20-16(9-15)3-2-7-26-20/h2-9,13-14,17-18H,10-12H2,1H3,(H2,27,28,29,30)/t17-,18+. The van der Waals surface area contributed by atoms with Crippen LogP contribution in [0.3, 0.4) is 0 Å². The van der Waals surface area contributed by atoms with Crippen LogP contribution in [-0.2, 0) is 11.2 Å². The molecule has 0 spiro atoms. The minimum Gasteiger partial charge on any atom is -0.495 e. The van der Waals surface area contributed by atoms with Crippen molar-refractivity contribution in [3.8, 4) is 5.75 Å². The molecule has 1 aliphatic rings. The molecule has 3 heterocycles. The molecule has 0 radical (unpaired) electrons. The number of nitrogens with one attached hydrogen (secondary N) is 2. The van der Waals surface area contributed by atoms with Crippen molar-refractivity contribution in [2.45, 2.75) is 31.1 Å². The first-order valence-corrected chi connectivity index (χ1v) is 10.4. The number of methoxy groups -OCH3 is 1. The van der Waals surface area contributed by atoms with Gasteiger partial charge in [-0.2, -0.15) is 5.10 Å². The number of hydrogen-bond donors (Lipinski definition) is 2. The normalized spacial score (nSPS) is 17.8. The molecule has 1 saturated carbocycles. The summed E-state index contributed by atoms with van der Waals surface area (Å²) in [7, 11) is 1.68. The van der Waals surface area contributed by atoms with Crippen molar-refractivity contribution < 1.29 is 9.53 Å². The third kappa shape index (κ3) is 3.99. The number of hydrogen-bond acceptors (Lipinski definition) is 5. The van der Waals surface area contributed by atoms with Crippen LogP contribution in [0.2, 0.25) is 0 Å². The number of amides is 1. The van der Waals surface area contributed by atoms with E-state index in [0.717, 1.165) is 40.8 Å². The Morgan fingerprint density at radius 1 is 1.16 bits per heavy atom. The lowest BCUT2D eigenvalue weighted by atomic mass is 9.70. The summed E-state index contributed by atoms with van der Waals surface area (Å²) < 4.78 is 5.43. The SMILES string of the molecule is COc1cnccc1[C@H]1C[C@@H](c2cc(NC(=O)Cc3ccc4ncccc4c3)n[nH]2)C1. The quantitative estimate of drug-likeness (QED) is 0.494. The Bertz CT molecular complexity index is 1230. The lowest BCUT2D eigenvalue weighted by molar-refractivity contribution is -0.115. The van der Waals surface area contributed by atoms with Gasteiger partial charge in [-0.25, -0.2) is 0 Å². The van der Waals surface area contributed by atoms with Crippen LogP contribution in [0.15, 0.2) is 61.1 Å². The van der Waals surface area contributed by atoms with E-state index in [2.05, 4.69) is 25.5 Å². The van der Waals surface area contributed by atoms with Crippen molar-refractivity contribution in [1.29, 1.82) is 0 Å². The zero-order valence-electron chi connectivity index (χ0n) is 17.2. The molecule has 1 aromatic carbocycles. The van der Waals surface area contributed by atoms with Crippen LogP contribution in [0.4, 0.5) is 5.82 Å². The van der Waals surface area contributed by atoms with E-state index in [1.54, 1.807) is 25.7 Å². The number of nitrogens with zero attached hydrogens (tertiary/aromatic N) is 3. The Morgan fingerprint density at radius 3 is 2.94 bits per heavy atom. The van der Waals surface area contributed by atoms with Crippen LogP contribution < -0.4 is 10.1 Å². The van der Waals surface area contributed by atoms with Gasteiger partial charge in [-0.15, -0.1) is 0 Å². The van der Waals surface area contributed by atoms with E-state index in [9.17, 15) is 4.79 Å². The molecule has 7 heteroatoms. The molecule has 31 heavy (non-hydrogen) atoms. The van der Waals surface area contributed by atoms with Gasteiger partial charge in [0.1, 0.15) is 5.75 Å². The fourth-order valence-corrected chi connectivity index (χ4v) is 4.24.